The van der Waals surface area contributed by atoms with Crippen LogP contribution in [-0.4, -0.2) is 31.4 Å². The van der Waals surface area contributed by atoms with Crippen LogP contribution in [0.1, 0.15) is 61.4 Å². The van der Waals surface area contributed by atoms with E-state index in [-0.39, 0.29) is 28.8 Å². The van der Waals surface area contributed by atoms with Crippen molar-refractivity contribution >= 4 is 16.9 Å². The molecule has 1 aliphatic rings. The lowest BCUT2D eigenvalue weighted by atomic mass is 9.89. The Hall–Kier alpha value is -3.23. The molecule has 2 atom stereocenters. The molecule has 0 N–H and O–H groups in total. The van der Waals surface area contributed by atoms with Crippen molar-refractivity contribution in [2.45, 2.75) is 58.0 Å². The molecule has 9 heteroatoms. The number of alkyl halides is 3. The molecule has 0 saturated carbocycles. The van der Waals surface area contributed by atoms with Crippen LogP contribution in [0.2, 0.25) is 0 Å². The van der Waals surface area contributed by atoms with Gasteiger partial charge < -0.3 is 18.7 Å². The maximum absolute atomic E-state index is 13.2. The van der Waals surface area contributed by atoms with Crippen molar-refractivity contribution in [3.05, 3.63) is 52.7 Å². The number of fused-ring (bicyclic) bond motifs is 2. The third kappa shape index (κ3) is 5.29. The molecule has 0 aliphatic heterocycles. The second-order valence-corrected chi connectivity index (χ2v) is 9.07. The van der Waals surface area contributed by atoms with E-state index < -0.39 is 11.9 Å². The Labute approximate surface area is 207 Å². The number of rotatable bonds is 10. The molecule has 1 aliphatic carbocycles. The summed E-state index contributed by atoms with van der Waals surface area (Å²) in [6.45, 7) is 4.60. The predicted molar refractivity (Wildman–Crippen MR) is 127 cm³/mol. The lowest BCUT2D eigenvalue weighted by Crippen LogP contribution is -2.19. The van der Waals surface area contributed by atoms with Gasteiger partial charge in [-0.2, -0.15) is 13.2 Å². The van der Waals surface area contributed by atoms with E-state index in [4.69, 9.17) is 18.7 Å². The van der Waals surface area contributed by atoms with Crippen molar-refractivity contribution in [2.24, 2.45) is 5.92 Å². The minimum absolute atomic E-state index is 0.0542. The highest BCUT2D eigenvalue weighted by molar-refractivity contribution is 5.85. The van der Waals surface area contributed by atoms with Crippen LogP contribution in [0.3, 0.4) is 0 Å². The third-order valence-corrected chi connectivity index (χ3v) is 6.70. The zero-order chi connectivity index (χ0) is 25.9. The van der Waals surface area contributed by atoms with Crippen molar-refractivity contribution in [2.75, 3.05) is 20.3 Å². The van der Waals surface area contributed by atoms with Gasteiger partial charge in [-0.1, -0.05) is 31.5 Å². The van der Waals surface area contributed by atoms with Gasteiger partial charge in [0, 0.05) is 12.0 Å². The van der Waals surface area contributed by atoms with Gasteiger partial charge in [0.05, 0.1) is 31.6 Å². The van der Waals surface area contributed by atoms with E-state index in [1.165, 1.54) is 24.3 Å². The van der Waals surface area contributed by atoms with Gasteiger partial charge in [0.15, 0.2) is 11.3 Å². The van der Waals surface area contributed by atoms with Gasteiger partial charge in [0.2, 0.25) is 0 Å². The third-order valence-electron chi connectivity index (χ3n) is 6.70. The van der Waals surface area contributed by atoms with Gasteiger partial charge in [-0.25, -0.2) is 0 Å². The zero-order valence-corrected chi connectivity index (χ0v) is 20.6. The Morgan fingerprint density at radius 1 is 1.19 bits per heavy atom. The quantitative estimate of drug-likeness (QED) is 0.232. The molecule has 0 unspecified atom stereocenters. The first-order valence-electron chi connectivity index (χ1n) is 12.2. The Morgan fingerprint density at radius 3 is 2.69 bits per heavy atom. The molecule has 0 spiro atoms. The van der Waals surface area contributed by atoms with Crippen LogP contribution >= 0.6 is 0 Å². The van der Waals surface area contributed by atoms with Gasteiger partial charge >= 0.3 is 12.1 Å². The van der Waals surface area contributed by atoms with Crippen LogP contribution in [0.15, 0.2) is 34.9 Å². The van der Waals surface area contributed by atoms with Crippen molar-refractivity contribution in [3.8, 4) is 11.5 Å². The molecule has 0 radical (unpaired) electrons. The molecule has 6 nitrogen and oxygen atoms in total. The summed E-state index contributed by atoms with van der Waals surface area (Å²) >= 11 is 0. The van der Waals surface area contributed by atoms with E-state index in [1.807, 2.05) is 32.0 Å². The average molecular weight is 506 g/mol. The van der Waals surface area contributed by atoms with Crippen molar-refractivity contribution in [1.82, 2.24) is 5.16 Å². The first kappa shape index (κ1) is 25.9. The van der Waals surface area contributed by atoms with Gasteiger partial charge in [-0.05, 0) is 60.6 Å². The Bertz CT molecular complexity index is 1220. The zero-order valence-electron chi connectivity index (χ0n) is 20.6. The lowest BCUT2D eigenvalue weighted by Gasteiger charge is -2.18. The SMILES string of the molecule is CCCc1c(OCCCOc2ccc3c(c2)CC[C@H]3[C@H](C)C(=O)OC)ccc2c(C(F)(F)F)noc12. The van der Waals surface area contributed by atoms with Crippen molar-refractivity contribution in [3.63, 3.8) is 0 Å². The smallest absolute Gasteiger partial charge is 0.437 e. The molecule has 0 bridgehead atoms. The van der Waals surface area contributed by atoms with Crippen LogP contribution in [0.25, 0.3) is 11.0 Å². The normalized spacial score (nSPS) is 16.1. The molecule has 194 valence electrons. The first-order chi connectivity index (χ1) is 17.2. The fourth-order valence-electron chi connectivity index (χ4n) is 4.88. The molecule has 2 aromatic carbocycles. The summed E-state index contributed by atoms with van der Waals surface area (Å²) in [5, 5.41) is 3.19. The van der Waals surface area contributed by atoms with Gasteiger partial charge in [0.25, 0.3) is 0 Å². The average Bonchev–Trinajstić information content (AvgIpc) is 3.48. The highest BCUT2D eigenvalue weighted by Crippen LogP contribution is 2.40. The highest BCUT2D eigenvalue weighted by Gasteiger charge is 2.37. The molecule has 0 amide bonds. The number of esters is 1. The Morgan fingerprint density at radius 2 is 1.97 bits per heavy atom. The molecule has 1 heterocycles. The molecule has 4 rings (SSSR count). The van der Waals surface area contributed by atoms with Crippen LogP contribution < -0.4 is 9.47 Å². The number of aromatic nitrogens is 1. The molecule has 0 fully saturated rings. The number of carbonyl (C=O) groups is 1. The number of aryl methyl sites for hydroxylation is 2. The fourth-order valence-corrected chi connectivity index (χ4v) is 4.88. The molecular formula is C27H30F3NO5. The molecule has 0 saturated heterocycles. The highest BCUT2D eigenvalue weighted by atomic mass is 19.4. The Kier molecular flexibility index (Phi) is 7.76. The number of benzene rings is 2. The van der Waals surface area contributed by atoms with Crippen LogP contribution in [0, 0.1) is 5.92 Å². The summed E-state index contributed by atoms with van der Waals surface area (Å²) in [6, 6.07) is 8.86. The first-order valence-corrected chi connectivity index (χ1v) is 12.2. The van der Waals surface area contributed by atoms with Crippen LogP contribution in [-0.2, 0) is 28.5 Å². The summed E-state index contributed by atoms with van der Waals surface area (Å²) in [6.07, 6.45) is -0.955. The molecule has 36 heavy (non-hydrogen) atoms. The van der Waals surface area contributed by atoms with E-state index in [9.17, 15) is 18.0 Å². The van der Waals surface area contributed by atoms with E-state index in [0.29, 0.717) is 37.4 Å². The van der Waals surface area contributed by atoms with Crippen LogP contribution in [0.5, 0.6) is 11.5 Å². The van der Waals surface area contributed by atoms with Crippen LogP contribution in [0.4, 0.5) is 13.2 Å². The minimum Gasteiger partial charge on any atom is -0.493 e. The van der Waals surface area contributed by atoms with Crippen molar-refractivity contribution < 1.29 is 36.7 Å². The number of ether oxygens (including phenoxy) is 3. The second-order valence-electron chi connectivity index (χ2n) is 9.07. The number of hydrogen-bond acceptors (Lipinski definition) is 6. The van der Waals surface area contributed by atoms with E-state index in [0.717, 1.165) is 25.0 Å². The van der Waals surface area contributed by atoms with E-state index in [1.54, 1.807) is 6.07 Å². The summed E-state index contributed by atoms with van der Waals surface area (Å²) in [5.41, 5.74) is 2.05. The number of halogens is 3. The predicted octanol–water partition coefficient (Wildman–Crippen LogP) is 6.49. The lowest BCUT2D eigenvalue weighted by molar-refractivity contribution is -0.145. The standard InChI is InChI=1S/C27H30F3NO5/c1-4-6-21-23(12-11-22-24(21)36-31-25(22)27(28,29)30)35-14-5-13-34-18-8-10-20-17(15-18)7-9-19(20)16(2)26(32)33-3/h8,10-12,15-16,19H,4-7,9,13-14H2,1-3H3/t16-,19-/m0/s1. The topological polar surface area (TPSA) is 70.8 Å². The molecule has 3 aromatic rings. The Balaban J connectivity index is 1.34. The summed E-state index contributed by atoms with van der Waals surface area (Å²) < 4.78 is 61.3. The summed E-state index contributed by atoms with van der Waals surface area (Å²) in [4.78, 5) is 11.9. The molecular weight excluding hydrogens is 475 g/mol. The summed E-state index contributed by atoms with van der Waals surface area (Å²) in [5.74, 6) is 1.03. The number of methoxy groups -OCH3 is 1. The van der Waals surface area contributed by atoms with E-state index in [2.05, 4.69) is 5.16 Å². The number of carbonyl (C=O) groups excluding carboxylic acids is 1. The number of hydrogen-bond donors (Lipinski definition) is 0. The van der Waals surface area contributed by atoms with E-state index >= 15 is 0 Å². The van der Waals surface area contributed by atoms with Gasteiger partial charge in [-0.15, -0.1) is 0 Å². The van der Waals surface area contributed by atoms with Gasteiger partial charge in [-0.3, -0.25) is 4.79 Å². The van der Waals surface area contributed by atoms with Gasteiger partial charge in [0.1, 0.15) is 11.5 Å². The maximum Gasteiger partial charge on any atom is 0.437 e. The number of nitrogens with zero attached hydrogens (tertiary/aromatic N) is 1. The van der Waals surface area contributed by atoms with Crippen molar-refractivity contribution in [1.29, 1.82) is 0 Å². The fraction of sp³-hybridized carbons (Fsp3) is 0.481. The molecule has 1 aromatic heterocycles. The second kappa shape index (κ2) is 10.8. The minimum atomic E-state index is -4.58. The largest absolute Gasteiger partial charge is 0.493 e. The maximum atomic E-state index is 13.2. The monoisotopic (exact) mass is 505 g/mol. The summed E-state index contributed by atoms with van der Waals surface area (Å²) in [7, 11) is 1.41.